The molecule has 0 bridgehead atoms. The van der Waals surface area contributed by atoms with Crippen LogP contribution in [-0.2, 0) is 0 Å². The Morgan fingerprint density at radius 3 is 2.60 bits per heavy atom. The molecule has 0 aliphatic rings. The van der Waals surface area contributed by atoms with Crippen LogP contribution in [0.15, 0.2) is 24.3 Å². The predicted molar refractivity (Wildman–Crippen MR) is 79.2 cm³/mol. The van der Waals surface area contributed by atoms with Gasteiger partial charge < -0.3 is 10.0 Å². The van der Waals surface area contributed by atoms with E-state index in [0.717, 1.165) is 18.5 Å². The van der Waals surface area contributed by atoms with Gasteiger partial charge in [0, 0.05) is 18.5 Å². The highest BCUT2D eigenvalue weighted by Gasteiger charge is 2.17. The number of anilines is 1. The van der Waals surface area contributed by atoms with E-state index in [1.807, 2.05) is 31.2 Å². The van der Waals surface area contributed by atoms with E-state index in [1.54, 1.807) is 0 Å². The normalized spacial score (nSPS) is 11.0. The summed E-state index contributed by atoms with van der Waals surface area (Å²) in [7, 11) is 0. The standard InChI is InChI=1S/C15H19N3O2/c1-4-18(9-10(2)3)14-11-7-5-6-8-12(11)16-13(17-14)15(19)20/h5-8,10H,4,9H2,1-3H3,(H,19,20). The Balaban J connectivity index is 2.62. The lowest BCUT2D eigenvalue weighted by atomic mass is 10.1. The lowest BCUT2D eigenvalue weighted by Gasteiger charge is -2.25. The SMILES string of the molecule is CCN(CC(C)C)c1nc(C(=O)O)nc2ccccc12. The lowest BCUT2D eigenvalue weighted by Crippen LogP contribution is -2.29. The molecule has 20 heavy (non-hydrogen) atoms. The number of carbonyl (C=O) groups is 1. The molecule has 0 spiro atoms. The third-order valence-corrected chi connectivity index (χ3v) is 3.04. The summed E-state index contributed by atoms with van der Waals surface area (Å²) in [6, 6.07) is 7.51. The molecular weight excluding hydrogens is 254 g/mol. The van der Waals surface area contributed by atoms with Crippen molar-refractivity contribution in [3.63, 3.8) is 0 Å². The minimum Gasteiger partial charge on any atom is -0.475 e. The molecule has 0 saturated carbocycles. The summed E-state index contributed by atoms with van der Waals surface area (Å²) in [5, 5.41) is 10.1. The highest BCUT2D eigenvalue weighted by molar-refractivity contribution is 5.93. The van der Waals surface area contributed by atoms with E-state index >= 15 is 0 Å². The Hall–Kier alpha value is -2.17. The fourth-order valence-corrected chi connectivity index (χ4v) is 2.20. The molecule has 0 unspecified atom stereocenters. The average molecular weight is 273 g/mol. The molecule has 0 fully saturated rings. The van der Waals surface area contributed by atoms with Gasteiger partial charge in [-0.15, -0.1) is 0 Å². The maximum atomic E-state index is 11.2. The summed E-state index contributed by atoms with van der Waals surface area (Å²) in [6.45, 7) is 7.91. The third kappa shape index (κ3) is 2.87. The maximum absolute atomic E-state index is 11.2. The summed E-state index contributed by atoms with van der Waals surface area (Å²) >= 11 is 0. The number of rotatable bonds is 5. The number of benzene rings is 1. The molecule has 0 radical (unpaired) electrons. The first-order valence-electron chi connectivity index (χ1n) is 6.78. The predicted octanol–water partition coefficient (Wildman–Crippen LogP) is 2.81. The van der Waals surface area contributed by atoms with Crippen LogP contribution < -0.4 is 4.90 Å². The number of aromatic nitrogens is 2. The van der Waals surface area contributed by atoms with Crippen LogP contribution in [-0.4, -0.2) is 34.1 Å². The molecule has 0 aliphatic heterocycles. The molecule has 0 atom stereocenters. The van der Waals surface area contributed by atoms with Crippen LogP contribution in [0.5, 0.6) is 0 Å². The molecule has 106 valence electrons. The zero-order valence-corrected chi connectivity index (χ0v) is 12.0. The first-order chi connectivity index (χ1) is 9.52. The largest absolute Gasteiger partial charge is 0.475 e. The molecule has 0 saturated heterocycles. The van der Waals surface area contributed by atoms with Crippen molar-refractivity contribution in [2.24, 2.45) is 5.92 Å². The van der Waals surface area contributed by atoms with Gasteiger partial charge >= 0.3 is 5.97 Å². The molecule has 1 aromatic heterocycles. The fourth-order valence-electron chi connectivity index (χ4n) is 2.20. The first kappa shape index (κ1) is 14.2. The van der Waals surface area contributed by atoms with Crippen LogP contribution in [0.25, 0.3) is 10.9 Å². The van der Waals surface area contributed by atoms with E-state index in [1.165, 1.54) is 0 Å². The first-order valence-corrected chi connectivity index (χ1v) is 6.78. The van der Waals surface area contributed by atoms with E-state index in [0.29, 0.717) is 17.3 Å². The molecule has 1 aromatic carbocycles. The lowest BCUT2D eigenvalue weighted by molar-refractivity contribution is 0.0684. The van der Waals surface area contributed by atoms with Crippen molar-refractivity contribution >= 4 is 22.7 Å². The number of hydrogen-bond donors (Lipinski definition) is 1. The van der Waals surface area contributed by atoms with Gasteiger partial charge in [0.15, 0.2) is 0 Å². The number of hydrogen-bond acceptors (Lipinski definition) is 4. The summed E-state index contributed by atoms with van der Waals surface area (Å²) < 4.78 is 0. The molecule has 2 rings (SSSR count). The summed E-state index contributed by atoms with van der Waals surface area (Å²) in [5.41, 5.74) is 0.664. The van der Waals surface area contributed by atoms with Gasteiger partial charge in [0.2, 0.25) is 5.82 Å². The molecule has 1 N–H and O–H groups in total. The van der Waals surface area contributed by atoms with Crippen molar-refractivity contribution in [2.45, 2.75) is 20.8 Å². The highest BCUT2D eigenvalue weighted by Crippen LogP contribution is 2.24. The van der Waals surface area contributed by atoms with Gasteiger partial charge in [-0.05, 0) is 25.0 Å². The van der Waals surface area contributed by atoms with Crippen molar-refractivity contribution in [3.8, 4) is 0 Å². The second-order valence-electron chi connectivity index (χ2n) is 5.13. The Morgan fingerprint density at radius 2 is 2.00 bits per heavy atom. The molecule has 0 aliphatic carbocycles. The average Bonchev–Trinajstić information content (AvgIpc) is 2.43. The molecular formula is C15H19N3O2. The van der Waals surface area contributed by atoms with Crippen LogP contribution in [0.4, 0.5) is 5.82 Å². The number of carboxylic acid groups (broad SMARTS) is 1. The van der Waals surface area contributed by atoms with E-state index in [9.17, 15) is 4.79 Å². The van der Waals surface area contributed by atoms with Gasteiger partial charge in [-0.3, -0.25) is 0 Å². The molecule has 0 amide bonds. The third-order valence-electron chi connectivity index (χ3n) is 3.04. The Kier molecular flexibility index (Phi) is 4.17. The van der Waals surface area contributed by atoms with Crippen LogP contribution in [0.2, 0.25) is 0 Å². The van der Waals surface area contributed by atoms with Gasteiger partial charge in [0.1, 0.15) is 5.82 Å². The van der Waals surface area contributed by atoms with Gasteiger partial charge in [0.25, 0.3) is 0 Å². The summed E-state index contributed by atoms with van der Waals surface area (Å²) in [6.07, 6.45) is 0. The summed E-state index contributed by atoms with van der Waals surface area (Å²) in [4.78, 5) is 21.6. The summed E-state index contributed by atoms with van der Waals surface area (Å²) in [5.74, 6) is -0.0836. The van der Waals surface area contributed by atoms with Crippen molar-refractivity contribution in [3.05, 3.63) is 30.1 Å². The van der Waals surface area contributed by atoms with Gasteiger partial charge in [-0.2, -0.15) is 0 Å². The number of para-hydroxylation sites is 1. The zero-order chi connectivity index (χ0) is 14.7. The zero-order valence-electron chi connectivity index (χ0n) is 12.0. The van der Waals surface area contributed by atoms with Gasteiger partial charge in [-0.1, -0.05) is 26.0 Å². The number of carboxylic acids is 1. The van der Waals surface area contributed by atoms with Crippen LogP contribution in [0.3, 0.4) is 0 Å². The highest BCUT2D eigenvalue weighted by atomic mass is 16.4. The van der Waals surface area contributed by atoms with Crippen molar-refractivity contribution in [2.75, 3.05) is 18.0 Å². The van der Waals surface area contributed by atoms with Crippen molar-refractivity contribution < 1.29 is 9.90 Å². The smallest absolute Gasteiger partial charge is 0.374 e. The van der Waals surface area contributed by atoms with Crippen LogP contribution in [0, 0.1) is 5.92 Å². The van der Waals surface area contributed by atoms with E-state index < -0.39 is 5.97 Å². The Bertz CT molecular complexity index is 626. The Labute approximate surface area is 118 Å². The van der Waals surface area contributed by atoms with Crippen LogP contribution in [0.1, 0.15) is 31.4 Å². The number of aromatic carboxylic acids is 1. The van der Waals surface area contributed by atoms with E-state index in [4.69, 9.17) is 5.11 Å². The van der Waals surface area contributed by atoms with Gasteiger partial charge in [-0.25, -0.2) is 14.8 Å². The molecule has 5 nitrogen and oxygen atoms in total. The maximum Gasteiger partial charge on any atom is 0.374 e. The molecule has 1 heterocycles. The second-order valence-corrected chi connectivity index (χ2v) is 5.13. The van der Waals surface area contributed by atoms with Gasteiger partial charge in [0.05, 0.1) is 5.52 Å². The Morgan fingerprint density at radius 1 is 1.30 bits per heavy atom. The molecule has 2 aromatic rings. The minimum atomic E-state index is -1.10. The quantitative estimate of drug-likeness (QED) is 0.907. The van der Waals surface area contributed by atoms with E-state index in [2.05, 4.69) is 28.7 Å². The van der Waals surface area contributed by atoms with Crippen LogP contribution >= 0.6 is 0 Å². The molecule has 5 heteroatoms. The minimum absolute atomic E-state index is 0.152. The number of nitrogens with zero attached hydrogens (tertiary/aromatic N) is 3. The van der Waals surface area contributed by atoms with E-state index in [-0.39, 0.29) is 5.82 Å². The van der Waals surface area contributed by atoms with Crippen molar-refractivity contribution in [1.29, 1.82) is 0 Å². The van der Waals surface area contributed by atoms with Crippen molar-refractivity contribution in [1.82, 2.24) is 9.97 Å². The topological polar surface area (TPSA) is 66.3 Å². The monoisotopic (exact) mass is 273 g/mol. The second kappa shape index (κ2) is 5.86. The number of fused-ring (bicyclic) bond motifs is 1. The fraction of sp³-hybridized carbons (Fsp3) is 0.400.